The number of benzene rings is 1. The first-order valence-corrected chi connectivity index (χ1v) is 7.37. The van der Waals surface area contributed by atoms with Crippen LogP contribution in [0.5, 0.6) is 0 Å². The number of nitrogens with zero attached hydrogens (tertiary/aromatic N) is 2. The maximum atomic E-state index is 12.0. The average Bonchev–Trinajstić information content (AvgIpc) is 3.05. The SMILES string of the molecule is N[C@H]1Cn2c(=O)ccc3c(CN4CCCC4)ccc1c32. The van der Waals surface area contributed by atoms with E-state index in [-0.39, 0.29) is 11.6 Å². The van der Waals surface area contributed by atoms with E-state index >= 15 is 0 Å². The summed E-state index contributed by atoms with van der Waals surface area (Å²) in [5.41, 5.74) is 9.70. The Hall–Kier alpha value is -1.65. The maximum Gasteiger partial charge on any atom is 0.251 e. The van der Waals surface area contributed by atoms with E-state index in [9.17, 15) is 4.79 Å². The molecule has 0 radical (unpaired) electrons. The zero-order chi connectivity index (χ0) is 13.7. The molecule has 2 aliphatic heterocycles. The predicted octanol–water partition coefficient (Wildman–Crippen LogP) is 1.61. The van der Waals surface area contributed by atoms with Crippen LogP contribution < -0.4 is 11.3 Å². The molecular weight excluding hydrogens is 250 g/mol. The van der Waals surface area contributed by atoms with Crippen molar-refractivity contribution < 1.29 is 0 Å². The first kappa shape index (κ1) is 12.1. The van der Waals surface area contributed by atoms with E-state index in [0.29, 0.717) is 6.54 Å². The van der Waals surface area contributed by atoms with Crippen molar-refractivity contribution >= 4 is 10.9 Å². The molecule has 0 aliphatic carbocycles. The zero-order valence-corrected chi connectivity index (χ0v) is 11.5. The largest absolute Gasteiger partial charge is 0.322 e. The fourth-order valence-corrected chi connectivity index (χ4v) is 3.60. The van der Waals surface area contributed by atoms with E-state index in [0.717, 1.165) is 17.6 Å². The molecule has 4 rings (SSSR count). The normalized spacial score (nSPS) is 21.9. The van der Waals surface area contributed by atoms with Gasteiger partial charge in [0.2, 0.25) is 0 Å². The standard InChI is InChI=1S/C16H19N3O/c17-14-10-19-15(20)6-5-12-11(3-4-13(14)16(12)19)9-18-7-1-2-8-18/h3-6,14H,1-2,7-10,17H2/t14-/m0/s1. The average molecular weight is 269 g/mol. The number of hydrogen-bond acceptors (Lipinski definition) is 3. The highest BCUT2D eigenvalue weighted by Crippen LogP contribution is 2.32. The second-order valence-electron chi connectivity index (χ2n) is 5.95. The van der Waals surface area contributed by atoms with Crippen LogP contribution in [0.4, 0.5) is 0 Å². The van der Waals surface area contributed by atoms with Crippen molar-refractivity contribution in [3.63, 3.8) is 0 Å². The van der Waals surface area contributed by atoms with Gasteiger partial charge in [-0.15, -0.1) is 0 Å². The topological polar surface area (TPSA) is 51.3 Å². The van der Waals surface area contributed by atoms with Crippen molar-refractivity contribution in [2.45, 2.75) is 32.0 Å². The van der Waals surface area contributed by atoms with Crippen molar-refractivity contribution in [2.75, 3.05) is 13.1 Å². The van der Waals surface area contributed by atoms with Crippen LogP contribution in [-0.2, 0) is 13.1 Å². The first-order chi connectivity index (χ1) is 9.74. The van der Waals surface area contributed by atoms with Gasteiger partial charge in [-0.1, -0.05) is 12.1 Å². The van der Waals surface area contributed by atoms with E-state index in [1.54, 1.807) is 6.07 Å². The quantitative estimate of drug-likeness (QED) is 0.901. The van der Waals surface area contributed by atoms with Crippen LogP contribution in [0.15, 0.2) is 29.1 Å². The van der Waals surface area contributed by atoms with Crippen molar-refractivity contribution in [1.29, 1.82) is 0 Å². The van der Waals surface area contributed by atoms with E-state index in [1.165, 1.54) is 36.9 Å². The molecule has 0 unspecified atom stereocenters. The first-order valence-electron chi connectivity index (χ1n) is 7.37. The molecular formula is C16H19N3O. The molecule has 20 heavy (non-hydrogen) atoms. The molecule has 0 amide bonds. The Morgan fingerprint density at radius 3 is 2.75 bits per heavy atom. The summed E-state index contributed by atoms with van der Waals surface area (Å²) in [6, 6.07) is 7.91. The molecule has 2 aliphatic rings. The van der Waals surface area contributed by atoms with Crippen LogP contribution in [0, 0.1) is 0 Å². The number of nitrogens with two attached hydrogens (primary N) is 1. The molecule has 1 fully saturated rings. The van der Waals surface area contributed by atoms with Gasteiger partial charge in [0.1, 0.15) is 0 Å². The molecule has 2 N–H and O–H groups in total. The van der Waals surface area contributed by atoms with Gasteiger partial charge in [0.15, 0.2) is 0 Å². The summed E-state index contributed by atoms with van der Waals surface area (Å²) in [6.45, 7) is 3.95. The minimum atomic E-state index is -0.0477. The van der Waals surface area contributed by atoms with Crippen LogP contribution in [0.2, 0.25) is 0 Å². The lowest BCUT2D eigenvalue weighted by molar-refractivity contribution is 0.332. The second kappa shape index (κ2) is 4.43. The summed E-state index contributed by atoms with van der Waals surface area (Å²) in [5.74, 6) is 0. The highest BCUT2D eigenvalue weighted by atomic mass is 16.1. The summed E-state index contributed by atoms with van der Waals surface area (Å²) in [5, 5.41) is 1.20. The molecule has 1 aromatic carbocycles. The third-order valence-electron chi connectivity index (χ3n) is 4.64. The molecule has 0 saturated carbocycles. The van der Waals surface area contributed by atoms with Crippen molar-refractivity contribution in [3.05, 3.63) is 45.7 Å². The Balaban J connectivity index is 1.88. The van der Waals surface area contributed by atoms with Gasteiger partial charge in [-0.3, -0.25) is 9.69 Å². The van der Waals surface area contributed by atoms with E-state index in [4.69, 9.17) is 5.73 Å². The van der Waals surface area contributed by atoms with Crippen LogP contribution >= 0.6 is 0 Å². The zero-order valence-electron chi connectivity index (χ0n) is 11.5. The van der Waals surface area contributed by atoms with Crippen LogP contribution in [0.25, 0.3) is 10.9 Å². The second-order valence-corrected chi connectivity index (χ2v) is 5.95. The van der Waals surface area contributed by atoms with Crippen LogP contribution in [0.1, 0.15) is 30.0 Å². The lowest BCUT2D eigenvalue weighted by Crippen LogP contribution is -2.20. The minimum Gasteiger partial charge on any atom is -0.322 e. The van der Waals surface area contributed by atoms with Gasteiger partial charge < -0.3 is 10.3 Å². The molecule has 2 aromatic rings. The Labute approximate surface area is 117 Å². The van der Waals surface area contributed by atoms with Crippen LogP contribution in [-0.4, -0.2) is 22.6 Å². The Bertz CT molecular complexity index is 728. The third-order valence-corrected chi connectivity index (χ3v) is 4.64. The number of pyridine rings is 1. The van der Waals surface area contributed by atoms with Gasteiger partial charge in [-0.2, -0.15) is 0 Å². The Morgan fingerprint density at radius 2 is 1.95 bits per heavy atom. The van der Waals surface area contributed by atoms with Gasteiger partial charge in [-0.05, 0) is 43.1 Å². The predicted molar refractivity (Wildman–Crippen MR) is 79.6 cm³/mol. The molecule has 1 atom stereocenters. The molecule has 4 nitrogen and oxygen atoms in total. The number of rotatable bonds is 2. The lowest BCUT2D eigenvalue weighted by atomic mass is 10.0. The van der Waals surface area contributed by atoms with Gasteiger partial charge in [0.25, 0.3) is 5.56 Å². The lowest BCUT2D eigenvalue weighted by Gasteiger charge is -2.17. The van der Waals surface area contributed by atoms with E-state index in [1.807, 2.05) is 10.6 Å². The van der Waals surface area contributed by atoms with Crippen LogP contribution in [0.3, 0.4) is 0 Å². The number of aromatic nitrogens is 1. The molecule has 1 aromatic heterocycles. The van der Waals surface area contributed by atoms with E-state index in [2.05, 4.69) is 17.0 Å². The van der Waals surface area contributed by atoms with Gasteiger partial charge >= 0.3 is 0 Å². The molecule has 3 heterocycles. The fraction of sp³-hybridized carbons (Fsp3) is 0.438. The molecule has 0 bridgehead atoms. The van der Waals surface area contributed by atoms with Crippen molar-refractivity contribution in [3.8, 4) is 0 Å². The Kier molecular flexibility index (Phi) is 2.69. The third kappa shape index (κ3) is 1.72. The highest BCUT2D eigenvalue weighted by molar-refractivity contribution is 5.87. The smallest absolute Gasteiger partial charge is 0.251 e. The molecule has 104 valence electrons. The number of hydrogen-bond donors (Lipinski definition) is 1. The van der Waals surface area contributed by atoms with E-state index < -0.39 is 0 Å². The fourth-order valence-electron chi connectivity index (χ4n) is 3.60. The number of likely N-dealkylation sites (tertiary alicyclic amines) is 1. The minimum absolute atomic E-state index is 0.0477. The highest BCUT2D eigenvalue weighted by Gasteiger charge is 2.24. The maximum absolute atomic E-state index is 12.0. The van der Waals surface area contributed by atoms with Gasteiger partial charge in [0, 0.05) is 30.6 Å². The van der Waals surface area contributed by atoms with Gasteiger partial charge in [-0.25, -0.2) is 0 Å². The summed E-state index contributed by atoms with van der Waals surface area (Å²) < 4.78 is 1.84. The Morgan fingerprint density at radius 1 is 1.15 bits per heavy atom. The molecule has 0 spiro atoms. The summed E-state index contributed by atoms with van der Waals surface area (Å²) in [6.07, 6.45) is 2.59. The molecule has 1 saturated heterocycles. The van der Waals surface area contributed by atoms with Crippen molar-refractivity contribution in [2.24, 2.45) is 5.73 Å². The van der Waals surface area contributed by atoms with Gasteiger partial charge in [0.05, 0.1) is 5.52 Å². The summed E-state index contributed by atoms with van der Waals surface area (Å²) >= 11 is 0. The monoisotopic (exact) mass is 269 g/mol. The molecule has 4 heteroatoms. The summed E-state index contributed by atoms with van der Waals surface area (Å²) in [4.78, 5) is 14.5. The summed E-state index contributed by atoms with van der Waals surface area (Å²) in [7, 11) is 0. The van der Waals surface area contributed by atoms with Crippen molar-refractivity contribution in [1.82, 2.24) is 9.47 Å².